The first-order valence-corrected chi connectivity index (χ1v) is 16.4. The minimum absolute atomic E-state index is 0.0937. The number of hydrogen-bond acceptors (Lipinski definition) is 8. The number of aliphatic imine (C=N–C) groups is 2. The van der Waals surface area contributed by atoms with Crippen molar-refractivity contribution in [3.63, 3.8) is 0 Å². The summed E-state index contributed by atoms with van der Waals surface area (Å²) in [6.45, 7) is 14.9. The van der Waals surface area contributed by atoms with Crippen molar-refractivity contribution in [2.75, 3.05) is 0 Å². The number of aromatic nitrogens is 2. The Balaban J connectivity index is 1.26. The van der Waals surface area contributed by atoms with Gasteiger partial charge in [-0.2, -0.15) is 0 Å². The van der Waals surface area contributed by atoms with Crippen LogP contribution in [-0.2, 0) is 14.1 Å². The summed E-state index contributed by atoms with van der Waals surface area (Å²) in [5.74, 6) is -6.51. The highest BCUT2D eigenvalue weighted by Crippen LogP contribution is 2.47. The molecule has 0 saturated carbocycles. The third-order valence-electron chi connectivity index (χ3n) is 8.85. The molecule has 4 heterocycles. The zero-order chi connectivity index (χ0) is 36.9. The molecule has 0 N–H and O–H groups in total. The molecule has 0 radical (unpaired) electrons. The number of hydrogen-bond donors (Lipinski definition) is 0. The molecule has 0 amide bonds. The first kappa shape index (κ1) is 32.2. The second kappa shape index (κ2) is 11.3. The zero-order valence-corrected chi connectivity index (χ0v) is 27.8. The fourth-order valence-corrected chi connectivity index (χ4v) is 8.87. The van der Waals surface area contributed by atoms with E-state index in [1.54, 1.807) is 38.4 Å². The van der Waals surface area contributed by atoms with Crippen molar-refractivity contribution in [1.82, 2.24) is 9.13 Å². The third kappa shape index (κ3) is 4.29. The van der Waals surface area contributed by atoms with Crippen LogP contribution in [0.5, 0.6) is 0 Å². The van der Waals surface area contributed by atoms with Crippen LogP contribution in [0.15, 0.2) is 57.8 Å². The maximum absolute atomic E-state index is 14.2. The molecule has 0 unspecified atom stereocenters. The summed E-state index contributed by atoms with van der Waals surface area (Å²) < 4.78 is 61.9. The van der Waals surface area contributed by atoms with Crippen LogP contribution in [0.25, 0.3) is 52.3 Å². The van der Waals surface area contributed by atoms with Crippen LogP contribution in [0.3, 0.4) is 0 Å². The van der Waals surface area contributed by atoms with Gasteiger partial charge in [0.25, 0.3) is 11.4 Å². The number of fused-ring (bicyclic) bond motifs is 7. The van der Waals surface area contributed by atoms with Crippen molar-refractivity contribution in [3.8, 4) is 12.1 Å². The van der Waals surface area contributed by atoms with E-state index in [1.165, 1.54) is 22.7 Å². The summed E-state index contributed by atoms with van der Waals surface area (Å²) in [5.41, 5.74) is 0.450. The van der Waals surface area contributed by atoms with Gasteiger partial charge in [-0.05, 0) is 47.5 Å². The largest absolute Gasteiger partial charge is 0.340 e. The number of thiophene rings is 2. The lowest BCUT2D eigenvalue weighted by Crippen LogP contribution is -2.07. The number of ketones is 2. The van der Waals surface area contributed by atoms with E-state index in [2.05, 4.69) is 19.7 Å². The number of rotatable bonds is 2. The fraction of sp³-hybridized carbons (Fsp3) is 0.0556. The monoisotopic (exact) mass is 728 g/mol. The van der Waals surface area contributed by atoms with Crippen molar-refractivity contribution in [3.05, 3.63) is 116 Å². The highest BCUT2D eigenvalue weighted by atomic mass is 32.1. The van der Waals surface area contributed by atoms with E-state index in [0.29, 0.717) is 21.0 Å². The Morgan fingerprint density at radius 2 is 1.00 bits per heavy atom. The number of nitriles is 2. The molecular weight excluding hydrogens is 717 g/mol. The van der Waals surface area contributed by atoms with Gasteiger partial charge in [0.1, 0.15) is 21.4 Å². The Hall–Kier alpha value is -6.98. The number of benzene rings is 2. The molecule has 16 heteroatoms. The Labute approximate surface area is 296 Å². The lowest BCUT2D eigenvalue weighted by atomic mass is 10.0. The van der Waals surface area contributed by atoms with Crippen molar-refractivity contribution in [1.29, 1.82) is 10.5 Å². The van der Waals surface area contributed by atoms with Gasteiger partial charge in [-0.3, -0.25) is 9.59 Å². The van der Waals surface area contributed by atoms with Gasteiger partial charge < -0.3 is 9.13 Å². The van der Waals surface area contributed by atoms with Crippen molar-refractivity contribution in [2.24, 2.45) is 24.1 Å². The summed E-state index contributed by atoms with van der Waals surface area (Å²) in [5, 5.41) is 19.9. The number of Topliss-reactive ketones (excluding diaryl/α,β-unsaturated/α-hetero) is 2. The summed E-state index contributed by atoms with van der Waals surface area (Å²) in [6.07, 6.45) is 0. The number of aryl methyl sites for hydroxylation is 2. The first-order chi connectivity index (χ1) is 24.9. The zero-order valence-electron chi connectivity index (χ0n) is 26.2. The van der Waals surface area contributed by atoms with Gasteiger partial charge in [0, 0.05) is 36.4 Å². The third-order valence-corrected chi connectivity index (χ3v) is 10.9. The van der Waals surface area contributed by atoms with Crippen molar-refractivity contribution >= 4 is 98.3 Å². The smallest absolute Gasteiger partial charge is 0.271 e. The predicted molar refractivity (Wildman–Crippen MR) is 186 cm³/mol. The summed E-state index contributed by atoms with van der Waals surface area (Å²) in [6, 6.07) is 9.84. The minimum atomic E-state index is -1.26. The number of nitrogens with zero attached hydrogens (tertiary/aromatic N) is 8. The van der Waals surface area contributed by atoms with E-state index in [-0.39, 0.29) is 44.8 Å². The van der Waals surface area contributed by atoms with E-state index < -0.39 is 46.2 Å². The van der Waals surface area contributed by atoms with Crippen LogP contribution in [0, 0.1) is 59.1 Å². The second-order valence-corrected chi connectivity index (χ2v) is 13.6. The molecule has 0 atom stereocenters. The first-order valence-electron chi connectivity index (χ1n) is 14.7. The SMILES string of the molecule is [C-]#[N+]C(C#N)=C1C(=Nc2cc3c(s2)c2c(c4sc(N=C5C(=O)c6cc(F)c(F)cc6/C5=C(/C#N)[N+]#[C-])cc4n2C)n3C)C(=O)c2cc(F)c(F)cc21. The van der Waals surface area contributed by atoms with E-state index in [0.717, 1.165) is 44.7 Å². The van der Waals surface area contributed by atoms with Gasteiger partial charge in [-0.1, -0.05) is 0 Å². The molecular formula is C36H12F4N8O2S2. The molecule has 0 fully saturated rings. The predicted octanol–water partition coefficient (Wildman–Crippen LogP) is 8.75. The Kier molecular flexibility index (Phi) is 6.99. The van der Waals surface area contributed by atoms with E-state index in [9.17, 15) is 37.7 Å². The van der Waals surface area contributed by atoms with Gasteiger partial charge >= 0.3 is 0 Å². The molecule has 0 saturated heterocycles. The molecule has 2 aliphatic carbocycles. The number of carbonyl (C=O) groups excluding carboxylic acids is 2. The van der Waals surface area contributed by atoms with Crippen LogP contribution in [0.4, 0.5) is 27.6 Å². The molecule has 8 rings (SSSR count). The lowest BCUT2D eigenvalue weighted by molar-refractivity contribution is 0.106. The standard InChI is InChI=1S/C36H12F4N8O2S2/c1-43-21(11-41)27-13-5-17(37)19(39)7-15(13)33(49)29(27)45-25-9-23-35(51-25)31-32(47(23)3)36-24(48(31)4)10-26(52-36)46-30-28(22(12-42)44-2)14-6-18(38)20(40)8-16(14)34(30)50/h5-10H,3-4H3/b27-21+,28-22?,45-29?,46-30?. The Bertz CT molecular complexity index is 2830. The summed E-state index contributed by atoms with van der Waals surface area (Å²) >= 11 is 2.42. The maximum atomic E-state index is 14.2. The van der Waals surface area contributed by atoms with E-state index in [4.69, 9.17) is 13.1 Å². The van der Waals surface area contributed by atoms with Crippen LogP contribution in [0.1, 0.15) is 31.8 Å². The van der Waals surface area contributed by atoms with Gasteiger partial charge in [-0.15, -0.1) is 22.7 Å². The van der Waals surface area contributed by atoms with Crippen molar-refractivity contribution in [2.45, 2.75) is 0 Å². The molecule has 6 aromatic rings. The topological polar surface area (TPSA) is 125 Å². The molecule has 0 spiro atoms. The summed E-state index contributed by atoms with van der Waals surface area (Å²) in [4.78, 5) is 42.1. The highest BCUT2D eigenvalue weighted by Gasteiger charge is 2.37. The Morgan fingerprint density at radius 1 is 0.654 bits per heavy atom. The molecule has 2 aromatic carbocycles. The van der Waals surface area contributed by atoms with Crippen molar-refractivity contribution < 1.29 is 27.2 Å². The van der Waals surface area contributed by atoms with Gasteiger partial charge in [0.2, 0.25) is 11.6 Å². The average Bonchev–Trinajstić information content (AvgIpc) is 3.93. The molecule has 0 bridgehead atoms. The number of carbonyl (C=O) groups is 2. The quantitative estimate of drug-likeness (QED) is 0.100. The fourth-order valence-electron chi connectivity index (χ4n) is 6.57. The molecule has 2 aliphatic rings. The van der Waals surface area contributed by atoms with Gasteiger partial charge in [0.15, 0.2) is 23.3 Å². The minimum Gasteiger partial charge on any atom is -0.340 e. The van der Waals surface area contributed by atoms with Gasteiger partial charge in [0.05, 0.1) is 56.7 Å². The van der Waals surface area contributed by atoms with Gasteiger partial charge in [-0.25, -0.2) is 47.8 Å². The number of halogens is 4. The maximum Gasteiger partial charge on any atom is 0.271 e. The average molecular weight is 729 g/mol. The highest BCUT2D eigenvalue weighted by molar-refractivity contribution is 7.25. The molecule has 248 valence electrons. The summed E-state index contributed by atoms with van der Waals surface area (Å²) in [7, 11) is 3.60. The molecule has 4 aromatic heterocycles. The Morgan fingerprint density at radius 3 is 1.33 bits per heavy atom. The van der Waals surface area contributed by atoms with E-state index in [1.807, 2.05) is 9.13 Å². The molecule has 0 aliphatic heterocycles. The van der Waals surface area contributed by atoms with Crippen LogP contribution >= 0.6 is 22.7 Å². The normalized spacial score (nSPS) is 17.2. The van der Waals surface area contributed by atoms with Crippen LogP contribution in [-0.4, -0.2) is 32.1 Å². The van der Waals surface area contributed by atoms with E-state index >= 15 is 0 Å². The molecule has 10 nitrogen and oxygen atoms in total. The molecule has 52 heavy (non-hydrogen) atoms. The second-order valence-electron chi connectivity index (χ2n) is 11.5. The van der Waals surface area contributed by atoms with Crippen LogP contribution in [0.2, 0.25) is 0 Å². The lowest BCUT2D eigenvalue weighted by Gasteiger charge is -2.02. The van der Waals surface area contributed by atoms with Crippen LogP contribution < -0.4 is 0 Å². The number of allylic oxidation sites excluding steroid dienone is 4.